The van der Waals surface area contributed by atoms with Crippen LogP contribution < -0.4 is 0 Å². The van der Waals surface area contributed by atoms with Gasteiger partial charge in [-0.05, 0) is 32.8 Å². The van der Waals surface area contributed by atoms with Crippen molar-refractivity contribution < 1.29 is 4.79 Å². The smallest absolute Gasteiger partial charge is 0.223 e. The maximum absolute atomic E-state index is 12.3. The van der Waals surface area contributed by atoms with Crippen LogP contribution in [0.3, 0.4) is 0 Å². The monoisotopic (exact) mass is 284 g/mol. The van der Waals surface area contributed by atoms with Gasteiger partial charge in [-0.2, -0.15) is 0 Å². The molecular weight excluding hydrogens is 260 g/mol. The van der Waals surface area contributed by atoms with Crippen LogP contribution in [-0.4, -0.2) is 21.4 Å². The third-order valence-corrected chi connectivity index (χ3v) is 5.10. The molecule has 1 aromatic heterocycles. The van der Waals surface area contributed by atoms with Crippen molar-refractivity contribution in [1.82, 2.24) is 9.47 Å². The van der Waals surface area contributed by atoms with Gasteiger partial charge in [0.05, 0.1) is 6.04 Å². The van der Waals surface area contributed by atoms with E-state index in [4.69, 9.17) is 0 Å². The predicted molar refractivity (Wildman–Crippen MR) is 86.2 cm³/mol. The summed E-state index contributed by atoms with van der Waals surface area (Å²) in [6, 6.07) is 9.07. The number of hydrogen-bond acceptors (Lipinski definition) is 1. The van der Waals surface area contributed by atoms with Crippen LogP contribution in [0.15, 0.2) is 24.3 Å². The third-order valence-electron chi connectivity index (χ3n) is 5.10. The number of hydrogen-bond donors (Lipinski definition) is 0. The maximum Gasteiger partial charge on any atom is 0.223 e. The number of carbonyl (C=O) groups is 1. The zero-order chi connectivity index (χ0) is 15.1. The van der Waals surface area contributed by atoms with Crippen molar-refractivity contribution in [2.75, 3.05) is 0 Å². The van der Waals surface area contributed by atoms with Crippen LogP contribution in [0, 0.1) is 6.92 Å². The first kappa shape index (κ1) is 14.2. The maximum atomic E-state index is 12.3. The first-order valence-corrected chi connectivity index (χ1v) is 7.91. The lowest BCUT2D eigenvalue weighted by Gasteiger charge is -2.31. The number of rotatable bonds is 3. The SMILES string of the molecule is CCC(C)N1C(=O)CCC1c1c(C)n(C)c2ccccc12. The highest BCUT2D eigenvalue weighted by Crippen LogP contribution is 2.41. The molecule has 2 heterocycles. The Balaban J connectivity index is 2.16. The number of fused-ring (bicyclic) bond motifs is 1. The molecule has 0 aliphatic carbocycles. The fourth-order valence-corrected chi connectivity index (χ4v) is 3.71. The number of para-hydroxylation sites is 1. The lowest BCUT2D eigenvalue weighted by molar-refractivity contribution is -0.131. The Bertz CT molecular complexity index is 686. The summed E-state index contributed by atoms with van der Waals surface area (Å²) in [4.78, 5) is 14.5. The van der Waals surface area contributed by atoms with E-state index in [1.165, 1.54) is 22.2 Å². The van der Waals surface area contributed by atoms with E-state index in [-0.39, 0.29) is 6.04 Å². The molecule has 2 unspecified atom stereocenters. The summed E-state index contributed by atoms with van der Waals surface area (Å²) in [5.41, 5.74) is 3.89. The van der Waals surface area contributed by atoms with Gasteiger partial charge in [-0.15, -0.1) is 0 Å². The first-order valence-electron chi connectivity index (χ1n) is 7.91. The molecule has 1 aliphatic rings. The zero-order valence-corrected chi connectivity index (χ0v) is 13.4. The van der Waals surface area contributed by atoms with Crippen LogP contribution in [-0.2, 0) is 11.8 Å². The molecule has 1 saturated heterocycles. The third kappa shape index (κ3) is 2.06. The standard InChI is InChI=1S/C18H24N2O/c1-5-12(2)20-16(10-11-17(20)21)18-13(3)19(4)15-9-7-6-8-14(15)18/h6-9,12,16H,5,10-11H2,1-4H3. The summed E-state index contributed by atoms with van der Waals surface area (Å²) >= 11 is 0. The summed E-state index contributed by atoms with van der Waals surface area (Å²) in [6.07, 6.45) is 2.63. The van der Waals surface area contributed by atoms with Crippen LogP contribution in [0.1, 0.15) is 50.4 Å². The lowest BCUT2D eigenvalue weighted by atomic mass is 9.99. The summed E-state index contributed by atoms with van der Waals surface area (Å²) in [5, 5.41) is 1.30. The van der Waals surface area contributed by atoms with Crippen molar-refractivity contribution in [3.63, 3.8) is 0 Å². The molecule has 0 spiro atoms. The average Bonchev–Trinajstić information content (AvgIpc) is 2.98. The van der Waals surface area contributed by atoms with Gasteiger partial charge in [-0.1, -0.05) is 25.1 Å². The molecule has 3 heteroatoms. The van der Waals surface area contributed by atoms with Gasteiger partial charge in [0.1, 0.15) is 0 Å². The minimum Gasteiger partial charge on any atom is -0.348 e. The predicted octanol–water partition coefficient (Wildman–Crippen LogP) is 3.95. The second-order valence-corrected chi connectivity index (χ2v) is 6.19. The molecule has 112 valence electrons. The molecule has 1 amide bonds. The van der Waals surface area contributed by atoms with E-state index in [1.807, 2.05) is 0 Å². The zero-order valence-electron chi connectivity index (χ0n) is 13.4. The van der Waals surface area contributed by atoms with Crippen LogP contribution in [0.25, 0.3) is 10.9 Å². The van der Waals surface area contributed by atoms with E-state index in [1.54, 1.807) is 0 Å². The fraction of sp³-hybridized carbons (Fsp3) is 0.500. The summed E-state index contributed by atoms with van der Waals surface area (Å²) in [6.45, 7) is 6.49. The molecule has 3 rings (SSSR count). The Kier molecular flexibility index (Phi) is 3.52. The minimum absolute atomic E-state index is 0.235. The fourth-order valence-electron chi connectivity index (χ4n) is 3.71. The van der Waals surface area contributed by atoms with Gasteiger partial charge < -0.3 is 9.47 Å². The quantitative estimate of drug-likeness (QED) is 0.838. The normalized spacial score (nSPS) is 20.5. The van der Waals surface area contributed by atoms with E-state index in [2.05, 4.69) is 61.6 Å². The topological polar surface area (TPSA) is 25.2 Å². The highest BCUT2D eigenvalue weighted by molar-refractivity contribution is 5.88. The van der Waals surface area contributed by atoms with E-state index >= 15 is 0 Å². The van der Waals surface area contributed by atoms with Crippen molar-refractivity contribution in [2.24, 2.45) is 7.05 Å². The number of carbonyl (C=O) groups excluding carboxylic acids is 1. The Labute approximate surface area is 126 Å². The molecule has 0 radical (unpaired) electrons. The number of benzene rings is 1. The van der Waals surface area contributed by atoms with Gasteiger partial charge in [0.25, 0.3) is 0 Å². The summed E-state index contributed by atoms with van der Waals surface area (Å²) in [5.74, 6) is 0.307. The average molecular weight is 284 g/mol. The van der Waals surface area contributed by atoms with Crippen molar-refractivity contribution in [3.05, 3.63) is 35.5 Å². The van der Waals surface area contributed by atoms with E-state index in [0.29, 0.717) is 18.4 Å². The molecule has 2 atom stereocenters. The van der Waals surface area contributed by atoms with E-state index in [9.17, 15) is 4.79 Å². The molecule has 0 saturated carbocycles. The second kappa shape index (κ2) is 5.21. The van der Waals surface area contributed by atoms with Gasteiger partial charge >= 0.3 is 0 Å². The van der Waals surface area contributed by atoms with Gasteiger partial charge in [-0.3, -0.25) is 4.79 Å². The Morgan fingerprint density at radius 1 is 1.33 bits per heavy atom. The Morgan fingerprint density at radius 3 is 2.76 bits per heavy atom. The molecular formula is C18H24N2O. The minimum atomic E-state index is 0.235. The van der Waals surface area contributed by atoms with E-state index in [0.717, 1.165) is 12.8 Å². The number of aromatic nitrogens is 1. The van der Waals surface area contributed by atoms with Crippen molar-refractivity contribution in [1.29, 1.82) is 0 Å². The molecule has 0 N–H and O–H groups in total. The van der Waals surface area contributed by atoms with Crippen LogP contribution >= 0.6 is 0 Å². The largest absolute Gasteiger partial charge is 0.348 e. The molecule has 1 aliphatic heterocycles. The molecule has 1 fully saturated rings. The van der Waals surface area contributed by atoms with Gasteiger partial charge in [0.15, 0.2) is 0 Å². The van der Waals surface area contributed by atoms with Gasteiger partial charge in [0.2, 0.25) is 5.91 Å². The van der Waals surface area contributed by atoms with Crippen molar-refractivity contribution in [3.8, 4) is 0 Å². The van der Waals surface area contributed by atoms with Gasteiger partial charge in [0, 0.05) is 41.7 Å². The molecule has 21 heavy (non-hydrogen) atoms. The first-order chi connectivity index (χ1) is 10.1. The second-order valence-electron chi connectivity index (χ2n) is 6.19. The number of amides is 1. The molecule has 1 aromatic carbocycles. The molecule has 0 bridgehead atoms. The molecule has 2 aromatic rings. The highest BCUT2D eigenvalue weighted by atomic mass is 16.2. The Hall–Kier alpha value is -1.77. The van der Waals surface area contributed by atoms with Gasteiger partial charge in [-0.25, -0.2) is 0 Å². The van der Waals surface area contributed by atoms with E-state index < -0.39 is 0 Å². The van der Waals surface area contributed by atoms with Crippen LogP contribution in [0.2, 0.25) is 0 Å². The van der Waals surface area contributed by atoms with Crippen LogP contribution in [0.5, 0.6) is 0 Å². The van der Waals surface area contributed by atoms with Crippen molar-refractivity contribution >= 4 is 16.8 Å². The number of nitrogens with zero attached hydrogens (tertiary/aromatic N) is 2. The number of likely N-dealkylation sites (tertiary alicyclic amines) is 1. The summed E-state index contributed by atoms with van der Waals surface area (Å²) < 4.78 is 2.25. The number of aryl methyl sites for hydroxylation is 1. The lowest BCUT2D eigenvalue weighted by Crippen LogP contribution is -2.35. The summed E-state index contributed by atoms with van der Waals surface area (Å²) in [7, 11) is 2.12. The molecule has 3 nitrogen and oxygen atoms in total. The van der Waals surface area contributed by atoms with Crippen molar-refractivity contribution in [2.45, 2.75) is 52.1 Å². The Morgan fingerprint density at radius 2 is 2.05 bits per heavy atom. The van der Waals surface area contributed by atoms with Crippen LogP contribution in [0.4, 0.5) is 0 Å². The highest BCUT2D eigenvalue weighted by Gasteiger charge is 2.37.